The summed E-state index contributed by atoms with van der Waals surface area (Å²) in [6.07, 6.45) is 3.35. The van der Waals surface area contributed by atoms with Crippen LogP contribution in [0.2, 0.25) is 0 Å². The molecule has 0 radical (unpaired) electrons. The molecule has 22 heavy (non-hydrogen) atoms. The molecule has 7 heteroatoms. The lowest BCUT2D eigenvalue weighted by molar-refractivity contribution is 0.210. The summed E-state index contributed by atoms with van der Waals surface area (Å²) >= 11 is 1.65. The van der Waals surface area contributed by atoms with Gasteiger partial charge in [-0.2, -0.15) is 0 Å². The van der Waals surface area contributed by atoms with Crippen LogP contribution in [-0.2, 0) is 6.42 Å². The maximum atomic E-state index is 10.3. The van der Waals surface area contributed by atoms with Gasteiger partial charge >= 0.3 is 0 Å². The Labute approximate surface area is 132 Å². The van der Waals surface area contributed by atoms with Crippen molar-refractivity contribution in [2.45, 2.75) is 32.4 Å². The second-order valence-corrected chi connectivity index (χ2v) is 6.16. The summed E-state index contributed by atoms with van der Waals surface area (Å²) in [6, 6.07) is 5.54. The first-order chi connectivity index (χ1) is 10.6. The average Bonchev–Trinajstić information content (AvgIpc) is 3.17. The van der Waals surface area contributed by atoms with Gasteiger partial charge in [0.2, 0.25) is 0 Å². The highest BCUT2D eigenvalue weighted by atomic mass is 32.1. The first kappa shape index (κ1) is 14.8. The summed E-state index contributed by atoms with van der Waals surface area (Å²) in [4.78, 5) is 8.61. The van der Waals surface area contributed by atoms with Crippen LogP contribution in [0, 0.1) is 6.92 Å². The van der Waals surface area contributed by atoms with Crippen molar-refractivity contribution in [1.29, 1.82) is 0 Å². The summed E-state index contributed by atoms with van der Waals surface area (Å²) in [6.45, 7) is 4.05. The molecule has 0 aromatic carbocycles. The van der Waals surface area contributed by atoms with E-state index in [-0.39, 0.29) is 6.04 Å². The molecule has 2 atom stereocenters. The van der Waals surface area contributed by atoms with Crippen molar-refractivity contribution in [3.05, 3.63) is 58.1 Å². The predicted molar refractivity (Wildman–Crippen MR) is 83.6 cm³/mol. The zero-order valence-corrected chi connectivity index (χ0v) is 13.2. The third kappa shape index (κ3) is 3.20. The topological polar surface area (TPSA) is 76.7 Å². The third-order valence-electron chi connectivity index (χ3n) is 3.36. The highest BCUT2D eigenvalue weighted by molar-refractivity contribution is 7.09. The molecule has 0 bridgehead atoms. The summed E-state index contributed by atoms with van der Waals surface area (Å²) in [7, 11) is 0. The Morgan fingerprint density at radius 2 is 2.18 bits per heavy atom. The van der Waals surface area contributed by atoms with Crippen molar-refractivity contribution >= 4 is 11.3 Å². The Morgan fingerprint density at radius 1 is 1.32 bits per heavy atom. The predicted octanol–water partition coefficient (Wildman–Crippen LogP) is 2.32. The van der Waals surface area contributed by atoms with Gasteiger partial charge in [0.25, 0.3) is 0 Å². The summed E-state index contributed by atoms with van der Waals surface area (Å²) in [5.74, 6) is 0. The molecule has 0 amide bonds. The van der Waals surface area contributed by atoms with Crippen molar-refractivity contribution in [3.63, 3.8) is 0 Å². The van der Waals surface area contributed by atoms with Gasteiger partial charge < -0.3 is 5.11 Å². The molecule has 2 unspecified atom stereocenters. The van der Waals surface area contributed by atoms with Gasteiger partial charge in [-0.05, 0) is 26.0 Å². The number of aryl methyl sites for hydroxylation is 1. The van der Waals surface area contributed by atoms with E-state index in [0.29, 0.717) is 11.4 Å². The van der Waals surface area contributed by atoms with Crippen LogP contribution in [0.4, 0.5) is 0 Å². The summed E-state index contributed by atoms with van der Waals surface area (Å²) in [5.41, 5.74) is 2.11. The molecule has 0 aliphatic rings. The lowest BCUT2D eigenvalue weighted by Crippen LogP contribution is -2.09. The SMILES string of the molecule is Cc1csc(CC(C)n2cc(C(O)c3ccccn3)nn2)n1. The smallest absolute Gasteiger partial charge is 0.141 e. The Balaban J connectivity index is 1.73. The van der Waals surface area contributed by atoms with Crippen molar-refractivity contribution in [2.75, 3.05) is 0 Å². The number of rotatable bonds is 5. The molecule has 0 fully saturated rings. The van der Waals surface area contributed by atoms with Crippen LogP contribution >= 0.6 is 11.3 Å². The first-order valence-corrected chi connectivity index (χ1v) is 7.93. The van der Waals surface area contributed by atoms with Gasteiger partial charge in [-0.3, -0.25) is 4.98 Å². The highest BCUT2D eigenvalue weighted by Gasteiger charge is 2.17. The molecule has 3 heterocycles. The summed E-state index contributed by atoms with van der Waals surface area (Å²) in [5, 5.41) is 21.6. The number of aliphatic hydroxyl groups is 1. The molecule has 3 aromatic heterocycles. The van der Waals surface area contributed by atoms with Crippen molar-refractivity contribution in [1.82, 2.24) is 25.0 Å². The largest absolute Gasteiger partial charge is 0.380 e. The molecule has 0 saturated carbocycles. The minimum absolute atomic E-state index is 0.128. The normalized spacial score (nSPS) is 14.0. The number of aliphatic hydroxyl groups excluding tert-OH is 1. The second kappa shape index (κ2) is 6.33. The van der Waals surface area contributed by atoms with Crippen LogP contribution in [0.3, 0.4) is 0 Å². The lowest BCUT2D eigenvalue weighted by atomic mass is 10.2. The molecule has 0 saturated heterocycles. The number of thiazole rings is 1. The fourth-order valence-corrected chi connectivity index (χ4v) is 3.06. The standard InChI is InChI=1S/C15H17N5OS/c1-10-9-22-14(17-10)7-11(2)20-8-13(18-19-20)15(21)12-5-3-4-6-16-12/h3-6,8-9,11,15,21H,7H2,1-2H3. The fraction of sp³-hybridized carbons (Fsp3) is 0.333. The quantitative estimate of drug-likeness (QED) is 0.782. The molecule has 114 valence electrons. The molecule has 0 spiro atoms. The minimum Gasteiger partial charge on any atom is -0.380 e. The van der Waals surface area contributed by atoms with Crippen molar-refractivity contribution < 1.29 is 5.11 Å². The molecule has 0 aliphatic carbocycles. The molecule has 1 N–H and O–H groups in total. The zero-order valence-electron chi connectivity index (χ0n) is 12.4. The Hall–Kier alpha value is -2.12. The van der Waals surface area contributed by atoms with Crippen LogP contribution in [0.25, 0.3) is 0 Å². The second-order valence-electron chi connectivity index (χ2n) is 5.22. The van der Waals surface area contributed by atoms with E-state index in [0.717, 1.165) is 17.1 Å². The maximum Gasteiger partial charge on any atom is 0.141 e. The van der Waals surface area contributed by atoms with Crippen LogP contribution < -0.4 is 0 Å². The Bertz CT molecular complexity index is 739. The monoisotopic (exact) mass is 315 g/mol. The molecule has 3 aromatic rings. The number of hydrogen-bond acceptors (Lipinski definition) is 6. The van der Waals surface area contributed by atoms with Crippen molar-refractivity contribution in [3.8, 4) is 0 Å². The van der Waals surface area contributed by atoms with E-state index in [1.165, 1.54) is 0 Å². The van der Waals surface area contributed by atoms with Crippen LogP contribution in [-0.4, -0.2) is 30.1 Å². The number of aromatic nitrogens is 5. The van der Waals surface area contributed by atoms with E-state index >= 15 is 0 Å². The number of nitrogens with zero attached hydrogens (tertiary/aromatic N) is 5. The van der Waals surface area contributed by atoms with Gasteiger partial charge in [-0.1, -0.05) is 11.3 Å². The molecule has 0 aliphatic heterocycles. The highest BCUT2D eigenvalue weighted by Crippen LogP contribution is 2.20. The van der Waals surface area contributed by atoms with E-state index in [4.69, 9.17) is 0 Å². The summed E-state index contributed by atoms with van der Waals surface area (Å²) < 4.78 is 1.76. The van der Waals surface area contributed by atoms with E-state index in [9.17, 15) is 5.11 Å². The number of hydrogen-bond donors (Lipinski definition) is 1. The molecule has 6 nitrogen and oxygen atoms in total. The Kier molecular flexibility index (Phi) is 4.26. The molecular weight excluding hydrogens is 298 g/mol. The van der Waals surface area contributed by atoms with Gasteiger partial charge in [0.15, 0.2) is 0 Å². The van der Waals surface area contributed by atoms with Crippen LogP contribution in [0.1, 0.15) is 41.2 Å². The van der Waals surface area contributed by atoms with Crippen molar-refractivity contribution in [2.24, 2.45) is 0 Å². The average molecular weight is 315 g/mol. The lowest BCUT2D eigenvalue weighted by Gasteiger charge is -2.09. The van der Waals surface area contributed by atoms with E-state index in [1.54, 1.807) is 34.5 Å². The minimum atomic E-state index is -0.857. The number of pyridine rings is 1. The van der Waals surface area contributed by atoms with Gasteiger partial charge in [-0.15, -0.1) is 16.4 Å². The van der Waals surface area contributed by atoms with Gasteiger partial charge in [-0.25, -0.2) is 9.67 Å². The van der Waals surface area contributed by atoms with Gasteiger partial charge in [0.05, 0.1) is 22.9 Å². The maximum absolute atomic E-state index is 10.3. The Morgan fingerprint density at radius 3 is 2.86 bits per heavy atom. The molecular formula is C15H17N5OS. The first-order valence-electron chi connectivity index (χ1n) is 7.05. The van der Waals surface area contributed by atoms with Crippen LogP contribution in [0.15, 0.2) is 36.0 Å². The van der Waals surface area contributed by atoms with E-state index in [1.807, 2.05) is 24.4 Å². The zero-order chi connectivity index (χ0) is 15.5. The fourth-order valence-electron chi connectivity index (χ4n) is 2.16. The molecule has 3 rings (SSSR count). The third-order valence-corrected chi connectivity index (χ3v) is 4.35. The van der Waals surface area contributed by atoms with Gasteiger partial charge in [0, 0.05) is 23.7 Å². The van der Waals surface area contributed by atoms with Gasteiger partial charge in [0.1, 0.15) is 11.8 Å². The van der Waals surface area contributed by atoms with E-state index in [2.05, 4.69) is 27.2 Å². The van der Waals surface area contributed by atoms with E-state index < -0.39 is 6.10 Å². The van der Waals surface area contributed by atoms with Crippen LogP contribution in [0.5, 0.6) is 0 Å².